The van der Waals surface area contributed by atoms with Crippen LogP contribution in [0.4, 0.5) is 0 Å². The second kappa shape index (κ2) is 10.7. The number of sulfonamides is 1. The SMILES string of the molecule is COc1ccc(C(=O)OCC(=O)N(C(C)C)C(C)C)cc1S(=O)(=O)N1CC(C)CC(C)C1. The van der Waals surface area contributed by atoms with Crippen LogP contribution in [-0.4, -0.2) is 68.4 Å². The summed E-state index contributed by atoms with van der Waals surface area (Å²) in [5.41, 5.74) is 0.0518. The molecule has 1 heterocycles. The van der Waals surface area contributed by atoms with Gasteiger partial charge in [0.25, 0.3) is 5.91 Å². The third kappa shape index (κ3) is 6.01. The number of methoxy groups -OCH3 is 1. The van der Waals surface area contributed by atoms with Gasteiger partial charge in [-0.25, -0.2) is 13.2 Å². The molecular weight excluding hydrogens is 432 g/mol. The minimum absolute atomic E-state index is 0.0340. The summed E-state index contributed by atoms with van der Waals surface area (Å²) in [6, 6.07) is 4.08. The molecule has 0 N–H and O–H groups in total. The van der Waals surface area contributed by atoms with Crippen LogP contribution < -0.4 is 4.74 Å². The van der Waals surface area contributed by atoms with Gasteiger partial charge in [-0.1, -0.05) is 13.8 Å². The Balaban J connectivity index is 2.25. The normalized spacial score (nSPS) is 19.8. The van der Waals surface area contributed by atoms with Crippen LogP contribution >= 0.6 is 0 Å². The molecule has 1 aliphatic rings. The van der Waals surface area contributed by atoms with Crippen molar-refractivity contribution in [2.75, 3.05) is 26.8 Å². The first-order chi connectivity index (χ1) is 14.9. The Kier molecular flexibility index (Phi) is 8.70. The maximum Gasteiger partial charge on any atom is 0.338 e. The van der Waals surface area contributed by atoms with Gasteiger partial charge in [0.1, 0.15) is 10.6 Å². The number of hydrogen-bond donors (Lipinski definition) is 0. The van der Waals surface area contributed by atoms with Gasteiger partial charge in [-0.15, -0.1) is 0 Å². The molecule has 0 aromatic heterocycles. The van der Waals surface area contributed by atoms with E-state index in [1.54, 1.807) is 4.90 Å². The molecule has 8 nitrogen and oxygen atoms in total. The number of amides is 1. The van der Waals surface area contributed by atoms with Crippen molar-refractivity contribution in [1.29, 1.82) is 0 Å². The Labute approximate surface area is 191 Å². The summed E-state index contributed by atoms with van der Waals surface area (Å²) in [5.74, 6) is -0.423. The molecule has 2 atom stereocenters. The Hall–Kier alpha value is -2.13. The Morgan fingerprint density at radius 1 is 1.09 bits per heavy atom. The summed E-state index contributed by atoms with van der Waals surface area (Å²) in [7, 11) is -2.48. The van der Waals surface area contributed by atoms with E-state index in [1.807, 2.05) is 41.5 Å². The van der Waals surface area contributed by atoms with Crippen molar-refractivity contribution in [2.24, 2.45) is 11.8 Å². The zero-order chi connectivity index (χ0) is 24.2. The smallest absolute Gasteiger partial charge is 0.338 e. The van der Waals surface area contributed by atoms with E-state index in [0.29, 0.717) is 13.1 Å². The molecule has 0 bridgehead atoms. The maximum atomic E-state index is 13.4. The number of carbonyl (C=O) groups excluding carboxylic acids is 2. The quantitative estimate of drug-likeness (QED) is 0.544. The predicted molar refractivity (Wildman–Crippen MR) is 122 cm³/mol. The van der Waals surface area contributed by atoms with Gasteiger partial charge in [-0.2, -0.15) is 4.31 Å². The number of nitrogens with zero attached hydrogens (tertiary/aromatic N) is 2. The fourth-order valence-electron chi connectivity index (χ4n) is 4.40. The standard InChI is InChI=1S/C23H36N2O6S/c1-15(2)25(16(3)4)22(26)14-31-23(27)19-8-9-20(30-7)21(11-19)32(28,29)24-12-17(5)10-18(6)13-24/h8-9,11,15-18H,10,12-14H2,1-7H3. The van der Waals surface area contributed by atoms with E-state index in [2.05, 4.69) is 0 Å². The molecule has 1 aromatic carbocycles. The third-order valence-electron chi connectivity index (χ3n) is 5.58. The molecule has 1 saturated heterocycles. The second-order valence-corrected chi connectivity index (χ2v) is 11.1. The lowest BCUT2D eigenvalue weighted by molar-refractivity contribution is -0.138. The number of esters is 1. The molecule has 0 saturated carbocycles. The van der Waals surface area contributed by atoms with Crippen molar-refractivity contribution in [2.45, 2.75) is 64.9 Å². The van der Waals surface area contributed by atoms with Crippen LogP contribution in [0.1, 0.15) is 58.3 Å². The van der Waals surface area contributed by atoms with Crippen LogP contribution in [0.2, 0.25) is 0 Å². The molecule has 1 aliphatic heterocycles. The first-order valence-electron chi connectivity index (χ1n) is 11.0. The van der Waals surface area contributed by atoms with Crippen molar-refractivity contribution in [3.8, 4) is 5.75 Å². The highest BCUT2D eigenvalue weighted by atomic mass is 32.2. The lowest BCUT2D eigenvalue weighted by atomic mass is 9.94. The lowest BCUT2D eigenvalue weighted by Gasteiger charge is -2.34. The summed E-state index contributed by atoms with van der Waals surface area (Å²) in [6.45, 7) is 12.0. The summed E-state index contributed by atoms with van der Waals surface area (Å²) in [5, 5.41) is 0. The minimum atomic E-state index is -3.87. The van der Waals surface area contributed by atoms with Gasteiger partial charge in [0.05, 0.1) is 12.7 Å². The van der Waals surface area contributed by atoms with E-state index in [1.165, 1.54) is 29.6 Å². The molecule has 2 unspecified atom stereocenters. The van der Waals surface area contributed by atoms with Crippen molar-refractivity contribution < 1.29 is 27.5 Å². The van der Waals surface area contributed by atoms with E-state index < -0.39 is 22.6 Å². The van der Waals surface area contributed by atoms with Gasteiger partial charge in [0.15, 0.2) is 6.61 Å². The van der Waals surface area contributed by atoms with Crippen molar-refractivity contribution in [1.82, 2.24) is 9.21 Å². The van der Waals surface area contributed by atoms with Gasteiger partial charge in [0, 0.05) is 25.2 Å². The number of carbonyl (C=O) groups is 2. The first-order valence-corrected chi connectivity index (χ1v) is 12.5. The zero-order valence-corrected chi connectivity index (χ0v) is 20.9. The van der Waals surface area contributed by atoms with Crippen LogP contribution in [0, 0.1) is 11.8 Å². The molecule has 2 rings (SSSR count). The molecule has 0 spiro atoms. The molecule has 0 aliphatic carbocycles. The highest BCUT2D eigenvalue weighted by molar-refractivity contribution is 7.89. The Bertz CT molecular complexity index is 910. The summed E-state index contributed by atoms with van der Waals surface area (Å²) in [4.78, 5) is 26.7. The second-order valence-electron chi connectivity index (χ2n) is 9.20. The lowest BCUT2D eigenvalue weighted by Crippen LogP contribution is -2.44. The van der Waals surface area contributed by atoms with Gasteiger partial charge < -0.3 is 14.4 Å². The fourth-order valence-corrected chi connectivity index (χ4v) is 6.26. The van der Waals surface area contributed by atoms with Crippen molar-refractivity contribution in [3.63, 3.8) is 0 Å². The monoisotopic (exact) mass is 468 g/mol. The summed E-state index contributed by atoms with van der Waals surface area (Å²) < 4.78 is 38.7. The minimum Gasteiger partial charge on any atom is -0.495 e. The number of hydrogen-bond acceptors (Lipinski definition) is 6. The molecular formula is C23H36N2O6S. The summed E-state index contributed by atoms with van der Waals surface area (Å²) >= 11 is 0. The highest BCUT2D eigenvalue weighted by Crippen LogP contribution is 2.32. The average molecular weight is 469 g/mol. The van der Waals surface area contributed by atoms with E-state index in [-0.39, 0.29) is 46.0 Å². The summed E-state index contributed by atoms with van der Waals surface area (Å²) in [6.07, 6.45) is 0.966. The average Bonchev–Trinajstić information content (AvgIpc) is 2.70. The Morgan fingerprint density at radius 3 is 2.16 bits per heavy atom. The topological polar surface area (TPSA) is 93.2 Å². The molecule has 1 aromatic rings. The van der Waals surface area contributed by atoms with Crippen molar-refractivity contribution in [3.05, 3.63) is 23.8 Å². The maximum absolute atomic E-state index is 13.4. The van der Waals surface area contributed by atoms with Gasteiger partial charge in [0.2, 0.25) is 10.0 Å². The first kappa shape index (κ1) is 26.1. The number of rotatable bonds is 8. The number of ether oxygens (including phenoxy) is 2. The van der Waals surface area contributed by atoms with Crippen LogP contribution in [-0.2, 0) is 19.6 Å². The molecule has 1 amide bonds. The van der Waals surface area contributed by atoms with Crippen LogP contribution in [0.5, 0.6) is 5.75 Å². The zero-order valence-electron chi connectivity index (χ0n) is 20.1. The number of benzene rings is 1. The largest absolute Gasteiger partial charge is 0.495 e. The molecule has 9 heteroatoms. The molecule has 180 valence electrons. The highest BCUT2D eigenvalue weighted by Gasteiger charge is 2.34. The van der Waals surface area contributed by atoms with Crippen molar-refractivity contribution >= 4 is 21.9 Å². The van der Waals surface area contributed by atoms with Crippen LogP contribution in [0.3, 0.4) is 0 Å². The van der Waals surface area contributed by atoms with Crippen LogP contribution in [0.15, 0.2) is 23.1 Å². The van der Waals surface area contributed by atoms with E-state index in [0.717, 1.165) is 6.42 Å². The number of piperidine rings is 1. The molecule has 0 radical (unpaired) electrons. The van der Waals surface area contributed by atoms with Gasteiger partial charge in [-0.05, 0) is 64.2 Å². The molecule has 32 heavy (non-hydrogen) atoms. The Morgan fingerprint density at radius 2 is 1.66 bits per heavy atom. The van der Waals surface area contributed by atoms with E-state index in [9.17, 15) is 18.0 Å². The van der Waals surface area contributed by atoms with Crippen LogP contribution in [0.25, 0.3) is 0 Å². The predicted octanol–water partition coefficient (Wildman–Crippen LogP) is 3.16. The van der Waals surface area contributed by atoms with E-state index >= 15 is 0 Å². The van der Waals surface area contributed by atoms with E-state index in [4.69, 9.17) is 9.47 Å². The fraction of sp³-hybridized carbons (Fsp3) is 0.652. The van der Waals surface area contributed by atoms with Gasteiger partial charge >= 0.3 is 5.97 Å². The third-order valence-corrected chi connectivity index (χ3v) is 7.43. The van der Waals surface area contributed by atoms with Gasteiger partial charge in [-0.3, -0.25) is 4.79 Å². The molecule has 1 fully saturated rings.